The van der Waals surface area contributed by atoms with Crippen LogP contribution in [0.2, 0.25) is 0 Å². The average molecular weight is 246 g/mol. The fourth-order valence-corrected chi connectivity index (χ4v) is 2.28. The number of hydrogen-bond acceptors (Lipinski definition) is 7. The molecule has 0 saturated heterocycles. The standard InChI is InChI=1S/C8H10N2O5S/c1-3(11)6-4(9)2-5-7(10)8(6)15-16(12,13)14-5/h2-3,11H,9-10H2,1H3. The Hall–Kier alpha value is -1.67. The summed E-state index contributed by atoms with van der Waals surface area (Å²) < 4.78 is 31.4. The van der Waals surface area contributed by atoms with Crippen molar-refractivity contribution in [2.24, 2.45) is 0 Å². The molecule has 5 N–H and O–H groups in total. The maximum Gasteiger partial charge on any atom is 0.501 e. The van der Waals surface area contributed by atoms with E-state index in [-0.39, 0.29) is 28.4 Å². The van der Waals surface area contributed by atoms with Crippen molar-refractivity contribution >= 4 is 21.8 Å². The summed E-state index contributed by atoms with van der Waals surface area (Å²) in [5, 5.41) is 9.47. The van der Waals surface area contributed by atoms with Crippen LogP contribution in [0.25, 0.3) is 0 Å². The summed E-state index contributed by atoms with van der Waals surface area (Å²) in [5.74, 6) is -0.264. The Morgan fingerprint density at radius 2 is 2.00 bits per heavy atom. The highest BCUT2D eigenvalue weighted by Gasteiger charge is 2.32. The number of rotatable bonds is 1. The van der Waals surface area contributed by atoms with Gasteiger partial charge in [0.05, 0.1) is 6.10 Å². The molecular formula is C8H10N2O5S. The minimum absolute atomic E-state index is 0.0000694. The van der Waals surface area contributed by atoms with Gasteiger partial charge in [0.1, 0.15) is 5.69 Å². The molecule has 2 bridgehead atoms. The number of anilines is 2. The number of nitrogens with two attached hydrogens (primary N) is 2. The van der Waals surface area contributed by atoms with Crippen LogP contribution >= 0.6 is 0 Å². The molecule has 0 saturated carbocycles. The first-order chi connectivity index (χ1) is 7.32. The Kier molecular flexibility index (Phi) is 2.14. The maximum absolute atomic E-state index is 11.2. The molecule has 0 aliphatic carbocycles. The molecule has 1 unspecified atom stereocenters. The van der Waals surface area contributed by atoms with Crippen LogP contribution in [-0.4, -0.2) is 13.5 Å². The third-order valence-corrected chi connectivity index (χ3v) is 2.90. The molecular weight excluding hydrogens is 236 g/mol. The number of hydrogen-bond donors (Lipinski definition) is 3. The molecule has 0 fully saturated rings. The summed E-state index contributed by atoms with van der Waals surface area (Å²) in [7, 11) is -4.17. The summed E-state index contributed by atoms with van der Waals surface area (Å²) in [6, 6.07) is 1.24. The van der Waals surface area contributed by atoms with Crippen molar-refractivity contribution in [3.05, 3.63) is 11.6 Å². The van der Waals surface area contributed by atoms with Crippen LogP contribution in [0.5, 0.6) is 11.5 Å². The zero-order valence-corrected chi connectivity index (χ0v) is 9.11. The Labute approximate surface area is 91.9 Å². The summed E-state index contributed by atoms with van der Waals surface area (Å²) >= 11 is 0. The Balaban J connectivity index is 2.75. The highest BCUT2D eigenvalue weighted by atomic mass is 32.3. The predicted octanol–water partition coefficient (Wildman–Crippen LogP) is -0.0797. The van der Waals surface area contributed by atoms with Crippen LogP contribution in [0.15, 0.2) is 6.07 Å². The summed E-state index contributed by atoms with van der Waals surface area (Å²) in [6.45, 7) is 1.42. The van der Waals surface area contributed by atoms with Crippen molar-refractivity contribution in [2.75, 3.05) is 11.5 Å². The van der Waals surface area contributed by atoms with E-state index in [1.165, 1.54) is 13.0 Å². The molecule has 1 aromatic carbocycles. The zero-order valence-electron chi connectivity index (χ0n) is 8.30. The van der Waals surface area contributed by atoms with E-state index in [2.05, 4.69) is 8.37 Å². The molecule has 1 atom stereocenters. The van der Waals surface area contributed by atoms with Gasteiger partial charge in [-0.2, -0.15) is 0 Å². The van der Waals surface area contributed by atoms with Gasteiger partial charge in [0.25, 0.3) is 0 Å². The van der Waals surface area contributed by atoms with Crippen molar-refractivity contribution in [3.8, 4) is 11.5 Å². The number of benzene rings is 1. The maximum atomic E-state index is 11.2. The Morgan fingerprint density at radius 3 is 2.56 bits per heavy atom. The molecule has 0 aromatic heterocycles. The highest BCUT2D eigenvalue weighted by Crippen LogP contribution is 2.46. The first-order valence-corrected chi connectivity index (χ1v) is 5.69. The Bertz CT molecular complexity index is 552. The van der Waals surface area contributed by atoms with Crippen molar-refractivity contribution < 1.29 is 21.9 Å². The van der Waals surface area contributed by atoms with Crippen LogP contribution in [0.4, 0.5) is 11.4 Å². The molecule has 7 nitrogen and oxygen atoms in total. The molecule has 1 heterocycles. The van der Waals surface area contributed by atoms with Gasteiger partial charge in [0.15, 0.2) is 11.5 Å². The SMILES string of the molecule is CC(O)c1c(N)cc2c(N)c1OS(=O)(=O)O2. The molecule has 88 valence electrons. The third-order valence-electron chi connectivity index (χ3n) is 2.15. The largest absolute Gasteiger partial charge is 0.501 e. The van der Waals surface area contributed by atoms with Crippen molar-refractivity contribution in [1.29, 1.82) is 0 Å². The van der Waals surface area contributed by atoms with E-state index in [4.69, 9.17) is 11.5 Å². The third kappa shape index (κ3) is 1.51. The van der Waals surface area contributed by atoms with Crippen LogP contribution in [0, 0.1) is 0 Å². The number of aliphatic hydroxyl groups excluding tert-OH is 1. The van der Waals surface area contributed by atoms with E-state index in [1.807, 2.05) is 0 Å². The molecule has 0 radical (unpaired) electrons. The van der Waals surface area contributed by atoms with Crippen LogP contribution < -0.4 is 19.8 Å². The Morgan fingerprint density at radius 1 is 1.38 bits per heavy atom. The average Bonchev–Trinajstić information content (AvgIpc) is 2.08. The number of aliphatic hydroxyl groups is 1. The summed E-state index contributed by atoms with van der Waals surface area (Å²) in [5.41, 5.74) is 11.5. The second kappa shape index (κ2) is 3.16. The van der Waals surface area contributed by atoms with E-state index in [0.29, 0.717) is 0 Å². The quantitative estimate of drug-likeness (QED) is 0.592. The van der Waals surface area contributed by atoms with Gasteiger partial charge in [-0.25, -0.2) is 0 Å². The lowest BCUT2D eigenvalue weighted by molar-refractivity contribution is 0.197. The molecule has 2 rings (SSSR count). The second-order valence-corrected chi connectivity index (χ2v) is 4.52. The van der Waals surface area contributed by atoms with E-state index >= 15 is 0 Å². The molecule has 1 aliphatic rings. The summed E-state index contributed by atoms with van der Waals surface area (Å²) in [4.78, 5) is 0. The van der Waals surface area contributed by atoms with Gasteiger partial charge in [-0.15, -0.1) is 8.42 Å². The predicted molar refractivity (Wildman–Crippen MR) is 56.1 cm³/mol. The first-order valence-electron chi connectivity index (χ1n) is 4.35. The van der Waals surface area contributed by atoms with E-state index < -0.39 is 16.5 Å². The lowest BCUT2D eigenvalue weighted by Crippen LogP contribution is -2.24. The van der Waals surface area contributed by atoms with Gasteiger partial charge in [0, 0.05) is 17.3 Å². The van der Waals surface area contributed by atoms with Crippen molar-refractivity contribution in [1.82, 2.24) is 0 Å². The smallest absolute Gasteiger partial charge is 0.398 e. The van der Waals surface area contributed by atoms with E-state index in [9.17, 15) is 13.5 Å². The van der Waals surface area contributed by atoms with Gasteiger partial charge in [-0.05, 0) is 6.92 Å². The molecule has 16 heavy (non-hydrogen) atoms. The van der Waals surface area contributed by atoms with Crippen LogP contribution in [0.1, 0.15) is 18.6 Å². The number of nitrogen functional groups attached to an aromatic ring is 2. The monoisotopic (exact) mass is 246 g/mol. The van der Waals surface area contributed by atoms with E-state index in [1.54, 1.807) is 0 Å². The lowest BCUT2D eigenvalue weighted by atomic mass is 10.1. The molecule has 0 amide bonds. The molecule has 8 heteroatoms. The molecule has 1 aromatic rings. The lowest BCUT2D eigenvalue weighted by Gasteiger charge is -2.23. The minimum atomic E-state index is -4.17. The van der Waals surface area contributed by atoms with Gasteiger partial charge >= 0.3 is 10.4 Å². The van der Waals surface area contributed by atoms with Gasteiger partial charge < -0.3 is 24.9 Å². The van der Waals surface area contributed by atoms with Gasteiger partial charge in [0.2, 0.25) is 0 Å². The van der Waals surface area contributed by atoms with Crippen molar-refractivity contribution in [2.45, 2.75) is 13.0 Å². The molecule has 0 spiro atoms. The van der Waals surface area contributed by atoms with Crippen LogP contribution in [-0.2, 0) is 10.4 Å². The fraction of sp³-hybridized carbons (Fsp3) is 0.250. The first kappa shape index (κ1) is 10.8. The van der Waals surface area contributed by atoms with E-state index in [0.717, 1.165) is 0 Å². The summed E-state index contributed by atoms with van der Waals surface area (Å²) in [6.07, 6.45) is -1.00. The number of fused-ring (bicyclic) bond motifs is 2. The van der Waals surface area contributed by atoms with Gasteiger partial charge in [-0.3, -0.25) is 0 Å². The molecule has 1 aliphatic heterocycles. The minimum Gasteiger partial charge on any atom is -0.398 e. The van der Waals surface area contributed by atoms with Crippen LogP contribution in [0.3, 0.4) is 0 Å². The zero-order chi connectivity index (χ0) is 12.1. The fourth-order valence-electron chi connectivity index (χ4n) is 1.50. The van der Waals surface area contributed by atoms with Crippen molar-refractivity contribution in [3.63, 3.8) is 0 Å². The topological polar surface area (TPSA) is 125 Å². The normalized spacial score (nSPS) is 18.4. The van der Waals surface area contributed by atoms with Gasteiger partial charge in [-0.1, -0.05) is 0 Å². The second-order valence-electron chi connectivity index (χ2n) is 3.37. The highest BCUT2D eigenvalue weighted by molar-refractivity contribution is 7.82.